The van der Waals surface area contributed by atoms with Crippen molar-refractivity contribution in [3.63, 3.8) is 0 Å². The molecule has 0 saturated heterocycles. The maximum absolute atomic E-state index is 13.1. The zero-order chi connectivity index (χ0) is 12.3. The molecule has 3 nitrogen and oxygen atoms in total. The lowest BCUT2D eigenvalue weighted by Crippen LogP contribution is -1.96. The number of hydrogen-bond acceptors (Lipinski definition) is 4. The number of hydrogen-bond donors (Lipinski definition) is 0. The van der Waals surface area contributed by atoms with E-state index in [0.29, 0.717) is 12.0 Å². The number of carbonyl (C=O) groups excluding carboxylic acids is 1. The number of aryl methyl sites for hydroxylation is 1. The summed E-state index contributed by atoms with van der Waals surface area (Å²) in [7, 11) is 0. The Morgan fingerprint density at radius 3 is 2.94 bits per heavy atom. The van der Waals surface area contributed by atoms with Gasteiger partial charge in [-0.3, -0.25) is 4.79 Å². The number of benzene rings is 1. The van der Waals surface area contributed by atoms with Crippen molar-refractivity contribution in [1.29, 1.82) is 0 Å². The van der Waals surface area contributed by atoms with Crippen LogP contribution in [-0.4, -0.2) is 11.3 Å². The predicted octanol–water partition coefficient (Wildman–Crippen LogP) is 2.98. The van der Waals surface area contributed by atoms with Gasteiger partial charge in [-0.15, -0.1) is 11.3 Å². The molecule has 17 heavy (non-hydrogen) atoms. The smallest absolute Gasteiger partial charge is 0.150 e. The summed E-state index contributed by atoms with van der Waals surface area (Å²) in [4.78, 5) is 14.8. The van der Waals surface area contributed by atoms with Crippen LogP contribution in [0, 0.1) is 12.7 Å². The molecule has 0 spiro atoms. The Balaban J connectivity index is 2.08. The average molecular weight is 251 g/mol. The van der Waals surface area contributed by atoms with E-state index in [0.717, 1.165) is 16.8 Å². The van der Waals surface area contributed by atoms with Crippen LogP contribution in [0.5, 0.6) is 5.75 Å². The van der Waals surface area contributed by atoms with Gasteiger partial charge in [-0.2, -0.15) is 0 Å². The van der Waals surface area contributed by atoms with Gasteiger partial charge >= 0.3 is 0 Å². The molecule has 1 aromatic carbocycles. The summed E-state index contributed by atoms with van der Waals surface area (Å²) < 4.78 is 18.5. The van der Waals surface area contributed by atoms with Crippen LogP contribution in [0.4, 0.5) is 4.39 Å². The van der Waals surface area contributed by atoms with Crippen molar-refractivity contribution < 1.29 is 13.9 Å². The summed E-state index contributed by atoms with van der Waals surface area (Å²) in [5.41, 5.74) is 1.19. The zero-order valence-electron chi connectivity index (χ0n) is 9.14. The number of ether oxygens (including phenoxy) is 1. The van der Waals surface area contributed by atoms with E-state index < -0.39 is 5.82 Å². The lowest BCUT2D eigenvalue weighted by atomic mass is 10.2. The highest BCUT2D eigenvalue weighted by Gasteiger charge is 2.03. The van der Waals surface area contributed by atoms with E-state index in [-0.39, 0.29) is 12.2 Å². The van der Waals surface area contributed by atoms with E-state index in [1.165, 1.54) is 23.5 Å². The second-order valence-electron chi connectivity index (χ2n) is 3.51. The molecule has 0 bridgehead atoms. The van der Waals surface area contributed by atoms with Crippen molar-refractivity contribution in [2.24, 2.45) is 0 Å². The van der Waals surface area contributed by atoms with Crippen molar-refractivity contribution >= 4 is 17.6 Å². The summed E-state index contributed by atoms with van der Waals surface area (Å²) in [6, 6.07) is 3.90. The highest BCUT2D eigenvalue weighted by molar-refractivity contribution is 7.09. The van der Waals surface area contributed by atoms with Gasteiger partial charge in [0.1, 0.15) is 29.5 Å². The van der Waals surface area contributed by atoms with Crippen molar-refractivity contribution in [2.75, 3.05) is 0 Å². The van der Waals surface area contributed by atoms with Crippen LogP contribution in [-0.2, 0) is 6.61 Å². The van der Waals surface area contributed by atoms with E-state index in [1.807, 2.05) is 12.3 Å². The summed E-state index contributed by atoms with van der Waals surface area (Å²) in [6.07, 6.45) is 0.587. The molecule has 0 N–H and O–H groups in total. The van der Waals surface area contributed by atoms with Crippen LogP contribution in [0.3, 0.4) is 0 Å². The Labute approximate surface area is 102 Å². The van der Waals surface area contributed by atoms with Crippen molar-refractivity contribution in [2.45, 2.75) is 13.5 Å². The number of aldehydes is 1. The fourth-order valence-corrected chi connectivity index (χ4v) is 2.03. The monoisotopic (exact) mass is 251 g/mol. The number of carbonyl (C=O) groups is 1. The first kappa shape index (κ1) is 11.7. The van der Waals surface area contributed by atoms with Gasteiger partial charge in [0.2, 0.25) is 0 Å². The Kier molecular flexibility index (Phi) is 3.49. The molecule has 0 saturated carbocycles. The largest absolute Gasteiger partial charge is 0.486 e. The number of aromatic nitrogens is 1. The lowest BCUT2D eigenvalue weighted by Gasteiger charge is -2.04. The third-order valence-corrected chi connectivity index (χ3v) is 3.00. The molecule has 0 unspecified atom stereocenters. The third-order valence-electron chi connectivity index (χ3n) is 2.06. The van der Waals surface area contributed by atoms with Crippen molar-refractivity contribution in [3.05, 3.63) is 45.7 Å². The number of nitrogens with zero attached hydrogens (tertiary/aromatic N) is 1. The van der Waals surface area contributed by atoms with Gasteiger partial charge in [0.25, 0.3) is 0 Å². The van der Waals surface area contributed by atoms with E-state index >= 15 is 0 Å². The summed E-state index contributed by atoms with van der Waals surface area (Å²) in [5, 5.41) is 2.74. The highest BCUT2D eigenvalue weighted by atomic mass is 32.1. The van der Waals surface area contributed by atoms with Gasteiger partial charge in [-0.25, -0.2) is 9.37 Å². The molecular weight excluding hydrogens is 241 g/mol. The number of thiazole rings is 1. The molecule has 0 aliphatic rings. The zero-order valence-corrected chi connectivity index (χ0v) is 9.96. The van der Waals surface area contributed by atoms with Crippen molar-refractivity contribution in [3.8, 4) is 5.75 Å². The Morgan fingerprint density at radius 1 is 1.47 bits per heavy atom. The second-order valence-corrected chi connectivity index (χ2v) is 4.45. The van der Waals surface area contributed by atoms with Crippen LogP contribution in [0.1, 0.15) is 21.1 Å². The predicted molar refractivity (Wildman–Crippen MR) is 63.0 cm³/mol. The van der Waals surface area contributed by atoms with E-state index in [9.17, 15) is 9.18 Å². The third kappa shape index (κ3) is 3.10. The molecule has 0 amide bonds. The maximum atomic E-state index is 13.1. The van der Waals surface area contributed by atoms with Crippen LogP contribution < -0.4 is 4.74 Å². The minimum absolute atomic E-state index is 0.260. The Bertz CT molecular complexity index is 539. The molecule has 1 heterocycles. The minimum atomic E-state index is -0.486. The Hall–Kier alpha value is -1.75. The van der Waals surface area contributed by atoms with E-state index in [1.54, 1.807) is 0 Å². The fourth-order valence-electron chi connectivity index (χ4n) is 1.35. The molecule has 0 aliphatic heterocycles. The summed E-state index contributed by atoms with van der Waals surface area (Å²) >= 11 is 1.48. The quantitative estimate of drug-likeness (QED) is 0.784. The molecule has 88 valence electrons. The first-order chi connectivity index (χ1) is 8.17. The molecule has 0 radical (unpaired) electrons. The van der Waals surface area contributed by atoms with Gasteiger partial charge in [0.05, 0.1) is 0 Å². The van der Waals surface area contributed by atoms with Gasteiger partial charge in [0, 0.05) is 22.7 Å². The maximum Gasteiger partial charge on any atom is 0.150 e. The Morgan fingerprint density at radius 2 is 2.29 bits per heavy atom. The molecule has 0 fully saturated rings. The van der Waals surface area contributed by atoms with Gasteiger partial charge in [-0.1, -0.05) is 0 Å². The first-order valence-electron chi connectivity index (χ1n) is 4.97. The standard InChI is InChI=1S/C12H10FNO2S/c1-8-7-17-12(14-8)6-16-11-3-9(5-15)2-10(13)4-11/h2-5,7H,6H2,1H3. The van der Waals surface area contributed by atoms with Crippen LogP contribution in [0.15, 0.2) is 23.6 Å². The lowest BCUT2D eigenvalue weighted by molar-refractivity contribution is 0.112. The number of rotatable bonds is 4. The van der Waals surface area contributed by atoms with Crippen LogP contribution in [0.2, 0.25) is 0 Å². The molecule has 0 aliphatic carbocycles. The van der Waals surface area contributed by atoms with Crippen LogP contribution in [0.25, 0.3) is 0 Å². The average Bonchev–Trinajstić information content (AvgIpc) is 2.72. The van der Waals surface area contributed by atoms with Gasteiger partial charge in [-0.05, 0) is 19.1 Å². The molecular formula is C12H10FNO2S. The first-order valence-corrected chi connectivity index (χ1v) is 5.85. The topological polar surface area (TPSA) is 39.2 Å². The molecule has 5 heteroatoms. The minimum Gasteiger partial charge on any atom is -0.486 e. The fraction of sp³-hybridized carbons (Fsp3) is 0.167. The number of halogens is 1. The summed E-state index contributed by atoms with van der Waals surface area (Å²) in [5.74, 6) is -0.153. The van der Waals surface area contributed by atoms with Gasteiger partial charge < -0.3 is 4.74 Å². The molecule has 2 aromatic rings. The van der Waals surface area contributed by atoms with Gasteiger partial charge in [0.15, 0.2) is 0 Å². The van der Waals surface area contributed by atoms with E-state index in [2.05, 4.69) is 4.98 Å². The SMILES string of the molecule is Cc1csc(COc2cc(F)cc(C=O)c2)n1. The normalized spacial score (nSPS) is 10.2. The second kappa shape index (κ2) is 5.05. The van der Waals surface area contributed by atoms with Crippen LogP contribution >= 0.6 is 11.3 Å². The summed E-state index contributed by atoms with van der Waals surface area (Å²) in [6.45, 7) is 2.17. The van der Waals surface area contributed by atoms with E-state index in [4.69, 9.17) is 4.74 Å². The van der Waals surface area contributed by atoms with Crippen molar-refractivity contribution in [1.82, 2.24) is 4.98 Å². The molecule has 0 atom stereocenters. The highest BCUT2D eigenvalue weighted by Crippen LogP contribution is 2.18. The molecule has 2 rings (SSSR count). The molecule has 1 aromatic heterocycles.